The number of pyridine rings is 1. The Morgan fingerprint density at radius 2 is 2.35 bits per heavy atom. The van der Waals surface area contributed by atoms with E-state index in [-0.39, 0.29) is 5.97 Å². The van der Waals surface area contributed by atoms with Crippen molar-refractivity contribution >= 4 is 16.9 Å². The lowest BCUT2D eigenvalue weighted by atomic mass is 9.96. The van der Waals surface area contributed by atoms with Crippen molar-refractivity contribution in [1.29, 1.82) is 0 Å². The fourth-order valence-electron chi connectivity index (χ4n) is 2.69. The van der Waals surface area contributed by atoms with Crippen LogP contribution in [0.15, 0.2) is 30.5 Å². The Labute approximate surface area is 117 Å². The van der Waals surface area contributed by atoms with Gasteiger partial charge in [0.05, 0.1) is 18.2 Å². The number of rotatable bonds is 3. The molecule has 0 unspecified atom stereocenters. The lowest BCUT2D eigenvalue weighted by Crippen LogP contribution is -2.05. The molecule has 1 aliphatic rings. The molecule has 2 heterocycles. The van der Waals surface area contributed by atoms with Gasteiger partial charge in [-0.25, -0.2) is 4.79 Å². The molecule has 3 rings (SSSR count). The zero-order chi connectivity index (χ0) is 13.9. The van der Waals surface area contributed by atoms with Crippen molar-refractivity contribution < 1.29 is 14.3 Å². The quantitative estimate of drug-likeness (QED) is 0.805. The summed E-state index contributed by atoms with van der Waals surface area (Å²) in [6.45, 7) is 1.68. The molecule has 0 N–H and O–H groups in total. The van der Waals surface area contributed by atoms with Gasteiger partial charge in [-0.1, -0.05) is 6.07 Å². The number of carbonyl (C=O) groups is 1. The van der Waals surface area contributed by atoms with Gasteiger partial charge in [-0.2, -0.15) is 0 Å². The molecular formula is C16H17NO3. The molecule has 1 saturated heterocycles. The average Bonchev–Trinajstić information content (AvgIpc) is 2.98. The molecule has 4 nitrogen and oxygen atoms in total. The molecule has 1 aromatic carbocycles. The maximum Gasteiger partial charge on any atom is 0.338 e. The standard InChI is InChI=1S/C16H17NO3/c1-19-16(18)13-4-6-17-15-3-2-11(9-14(13)15)8-12-5-7-20-10-12/h2-4,6,9,12H,5,7-8,10H2,1H3/t12-/m0/s1. The van der Waals surface area contributed by atoms with Gasteiger partial charge in [0, 0.05) is 24.8 Å². The lowest BCUT2D eigenvalue weighted by molar-refractivity contribution is 0.0603. The second-order valence-corrected chi connectivity index (χ2v) is 5.14. The number of hydrogen-bond donors (Lipinski definition) is 0. The summed E-state index contributed by atoms with van der Waals surface area (Å²) >= 11 is 0. The normalized spacial score (nSPS) is 18.4. The van der Waals surface area contributed by atoms with Crippen LogP contribution in [0.3, 0.4) is 0 Å². The number of ether oxygens (including phenoxy) is 2. The fourth-order valence-corrected chi connectivity index (χ4v) is 2.69. The highest BCUT2D eigenvalue weighted by atomic mass is 16.5. The van der Waals surface area contributed by atoms with E-state index in [0.29, 0.717) is 11.5 Å². The van der Waals surface area contributed by atoms with Crippen LogP contribution in [-0.4, -0.2) is 31.3 Å². The van der Waals surface area contributed by atoms with Crippen LogP contribution in [0.25, 0.3) is 10.9 Å². The Balaban J connectivity index is 1.97. The lowest BCUT2D eigenvalue weighted by Gasteiger charge is -2.10. The van der Waals surface area contributed by atoms with Gasteiger partial charge < -0.3 is 9.47 Å². The third-order valence-corrected chi connectivity index (χ3v) is 3.76. The van der Waals surface area contributed by atoms with Crippen LogP contribution in [0.5, 0.6) is 0 Å². The highest BCUT2D eigenvalue weighted by molar-refractivity contribution is 6.03. The number of hydrogen-bond acceptors (Lipinski definition) is 4. The maximum atomic E-state index is 11.8. The SMILES string of the molecule is COC(=O)c1ccnc2ccc(C[C@@H]3CCOC3)cc12. The first-order valence-electron chi connectivity index (χ1n) is 6.81. The van der Waals surface area contributed by atoms with E-state index in [4.69, 9.17) is 9.47 Å². The molecule has 0 bridgehead atoms. The van der Waals surface area contributed by atoms with Gasteiger partial charge in [-0.15, -0.1) is 0 Å². The van der Waals surface area contributed by atoms with Crippen molar-refractivity contribution in [2.24, 2.45) is 5.92 Å². The molecule has 0 amide bonds. The first-order chi connectivity index (χ1) is 9.78. The van der Waals surface area contributed by atoms with Crippen LogP contribution in [-0.2, 0) is 15.9 Å². The van der Waals surface area contributed by atoms with Crippen LogP contribution in [0, 0.1) is 5.92 Å². The number of nitrogens with zero attached hydrogens (tertiary/aromatic N) is 1. The minimum Gasteiger partial charge on any atom is -0.465 e. The minimum absolute atomic E-state index is 0.321. The van der Waals surface area contributed by atoms with E-state index in [1.165, 1.54) is 12.7 Å². The third-order valence-electron chi connectivity index (χ3n) is 3.76. The minimum atomic E-state index is -0.321. The van der Waals surface area contributed by atoms with Crippen LogP contribution < -0.4 is 0 Å². The fraction of sp³-hybridized carbons (Fsp3) is 0.375. The van der Waals surface area contributed by atoms with Crippen molar-refractivity contribution in [1.82, 2.24) is 4.98 Å². The number of benzene rings is 1. The highest BCUT2D eigenvalue weighted by Crippen LogP contribution is 2.23. The number of carbonyl (C=O) groups excluding carboxylic acids is 1. The summed E-state index contributed by atoms with van der Waals surface area (Å²) in [4.78, 5) is 16.1. The molecule has 0 saturated carbocycles. The van der Waals surface area contributed by atoms with Gasteiger partial charge in [0.2, 0.25) is 0 Å². The summed E-state index contributed by atoms with van der Waals surface area (Å²) in [5.41, 5.74) is 2.60. The van der Waals surface area contributed by atoms with E-state index in [2.05, 4.69) is 11.1 Å². The van der Waals surface area contributed by atoms with E-state index in [0.717, 1.165) is 37.0 Å². The van der Waals surface area contributed by atoms with Crippen molar-refractivity contribution in [2.45, 2.75) is 12.8 Å². The monoisotopic (exact) mass is 271 g/mol. The molecule has 1 aromatic heterocycles. The van der Waals surface area contributed by atoms with E-state index in [9.17, 15) is 4.79 Å². The number of aromatic nitrogens is 1. The van der Waals surface area contributed by atoms with Crippen LogP contribution in [0.2, 0.25) is 0 Å². The first-order valence-corrected chi connectivity index (χ1v) is 6.81. The van der Waals surface area contributed by atoms with Crippen molar-refractivity contribution in [2.75, 3.05) is 20.3 Å². The topological polar surface area (TPSA) is 48.4 Å². The van der Waals surface area contributed by atoms with Gasteiger partial charge in [0.15, 0.2) is 0 Å². The summed E-state index contributed by atoms with van der Waals surface area (Å²) in [5, 5.41) is 0.857. The molecule has 0 aliphatic carbocycles. The Morgan fingerprint density at radius 3 is 3.10 bits per heavy atom. The van der Waals surface area contributed by atoms with Gasteiger partial charge in [-0.3, -0.25) is 4.98 Å². The summed E-state index contributed by atoms with van der Waals surface area (Å²) in [7, 11) is 1.40. The van der Waals surface area contributed by atoms with Gasteiger partial charge in [-0.05, 0) is 42.5 Å². The second kappa shape index (κ2) is 5.59. The highest BCUT2D eigenvalue weighted by Gasteiger charge is 2.17. The van der Waals surface area contributed by atoms with Crippen LogP contribution >= 0.6 is 0 Å². The van der Waals surface area contributed by atoms with Crippen molar-refractivity contribution in [3.63, 3.8) is 0 Å². The summed E-state index contributed by atoms with van der Waals surface area (Å²) in [5.74, 6) is 0.254. The zero-order valence-corrected chi connectivity index (χ0v) is 11.5. The smallest absolute Gasteiger partial charge is 0.338 e. The Morgan fingerprint density at radius 1 is 1.45 bits per heavy atom. The van der Waals surface area contributed by atoms with Crippen LogP contribution in [0.4, 0.5) is 0 Å². The Hall–Kier alpha value is -1.94. The van der Waals surface area contributed by atoms with Crippen molar-refractivity contribution in [3.05, 3.63) is 41.6 Å². The van der Waals surface area contributed by atoms with Gasteiger partial charge in [0.1, 0.15) is 0 Å². The second-order valence-electron chi connectivity index (χ2n) is 5.14. The largest absolute Gasteiger partial charge is 0.465 e. The predicted octanol–water partition coefficient (Wildman–Crippen LogP) is 2.60. The van der Waals surface area contributed by atoms with Crippen molar-refractivity contribution in [3.8, 4) is 0 Å². The Bertz CT molecular complexity index is 633. The molecule has 1 aliphatic heterocycles. The summed E-state index contributed by atoms with van der Waals surface area (Å²) in [6, 6.07) is 7.80. The molecule has 2 aromatic rings. The molecule has 4 heteroatoms. The molecule has 1 fully saturated rings. The molecule has 0 spiro atoms. The maximum absolute atomic E-state index is 11.8. The molecule has 0 radical (unpaired) electrons. The third kappa shape index (κ3) is 2.51. The zero-order valence-electron chi connectivity index (χ0n) is 11.5. The summed E-state index contributed by atoms with van der Waals surface area (Å²) in [6.07, 6.45) is 3.72. The molecular weight excluding hydrogens is 254 g/mol. The van der Waals surface area contributed by atoms with E-state index in [1.54, 1.807) is 12.3 Å². The van der Waals surface area contributed by atoms with E-state index < -0.39 is 0 Å². The number of fused-ring (bicyclic) bond motifs is 1. The summed E-state index contributed by atoms with van der Waals surface area (Å²) < 4.78 is 10.2. The van der Waals surface area contributed by atoms with E-state index >= 15 is 0 Å². The number of esters is 1. The molecule has 20 heavy (non-hydrogen) atoms. The Kier molecular flexibility index (Phi) is 3.65. The average molecular weight is 271 g/mol. The molecule has 1 atom stereocenters. The van der Waals surface area contributed by atoms with E-state index in [1.807, 2.05) is 12.1 Å². The first kappa shape index (κ1) is 13.1. The number of methoxy groups -OCH3 is 1. The van der Waals surface area contributed by atoms with Gasteiger partial charge >= 0.3 is 5.97 Å². The van der Waals surface area contributed by atoms with Gasteiger partial charge in [0.25, 0.3) is 0 Å². The van der Waals surface area contributed by atoms with Crippen LogP contribution in [0.1, 0.15) is 22.3 Å². The predicted molar refractivity (Wildman–Crippen MR) is 75.7 cm³/mol. The molecule has 104 valence electrons.